The fourth-order valence-corrected chi connectivity index (χ4v) is 3.91. The molecule has 3 aromatic rings. The average molecular weight is 435 g/mol. The van der Waals surface area contributed by atoms with Crippen molar-refractivity contribution in [3.05, 3.63) is 70.3 Å². The van der Waals surface area contributed by atoms with E-state index >= 15 is 0 Å². The Morgan fingerprint density at radius 2 is 1.81 bits per heavy atom. The molecule has 0 spiro atoms. The van der Waals surface area contributed by atoms with E-state index in [9.17, 15) is 14.4 Å². The Morgan fingerprint density at radius 3 is 2.53 bits per heavy atom. The predicted molar refractivity (Wildman–Crippen MR) is 119 cm³/mol. The van der Waals surface area contributed by atoms with E-state index in [1.54, 1.807) is 54.5 Å². The van der Waals surface area contributed by atoms with Crippen LogP contribution in [0.3, 0.4) is 0 Å². The number of methoxy groups -OCH3 is 1. The standard InChI is InChI=1S/C24H25N3O5/c1-31-18-8-6-16(7-9-18)23(29)17-10-12-27(13-11-17)22(28)15-32-14-21-25-20-5-3-2-4-19(20)24(30)26-21/h2-9,17H,10-15H2,1H3,(H,25,26,30). The smallest absolute Gasteiger partial charge is 0.258 e. The fraction of sp³-hybridized carbons (Fsp3) is 0.333. The van der Waals surface area contributed by atoms with E-state index in [1.165, 1.54) is 0 Å². The number of hydrogen-bond acceptors (Lipinski definition) is 6. The van der Waals surface area contributed by atoms with Crippen molar-refractivity contribution in [3.63, 3.8) is 0 Å². The first kappa shape index (κ1) is 21.7. The van der Waals surface area contributed by atoms with Gasteiger partial charge in [0.15, 0.2) is 5.78 Å². The zero-order valence-corrected chi connectivity index (χ0v) is 17.9. The van der Waals surface area contributed by atoms with Crippen LogP contribution in [-0.2, 0) is 16.1 Å². The molecule has 0 radical (unpaired) electrons. The van der Waals surface area contributed by atoms with Crippen molar-refractivity contribution in [2.75, 3.05) is 26.8 Å². The highest BCUT2D eigenvalue weighted by molar-refractivity contribution is 5.98. The van der Waals surface area contributed by atoms with Crippen LogP contribution in [0, 0.1) is 5.92 Å². The monoisotopic (exact) mass is 435 g/mol. The summed E-state index contributed by atoms with van der Waals surface area (Å²) in [6.07, 6.45) is 1.24. The van der Waals surface area contributed by atoms with Gasteiger partial charge in [0, 0.05) is 24.6 Å². The number of likely N-dealkylation sites (tertiary alicyclic amines) is 1. The summed E-state index contributed by atoms with van der Waals surface area (Å²) in [4.78, 5) is 46.1. The SMILES string of the molecule is COc1ccc(C(=O)C2CCN(C(=O)COCc3nc4ccccc4c(=O)[nH]3)CC2)cc1. The number of ether oxygens (including phenoxy) is 2. The van der Waals surface area contributed by atoms with E-state index in [0.29, 0.717) is 54.0 Å². The molecule has 0 unspecified atom stereocenters. The van der Waals surface area contributed by atoms with Crippen LogP contribution in [0.4, 0.5) is 0 Å². The van der Waals surface area contributed by atoms with Gasteiger partial charge in [-0.1, -0.05) is 12.1 Å². The van der Waals surface area contributed by atoms with E-state index in [4.69, 9.17) is 9.47 Å². The lowest BCUT2D eigenvalue weighted by atomic mass is 9.89. The Hall–Kier alpha value is -3.52. The minimum absolute atomic E-state index is 0.0399. The third-order valence-electron chi connectivity index (χ3n) is 5.72. The number of benzene rings is 2. The third kappa shape index (κ3) is 4.86. The summed E-state index contributed by atoms with van der Waals surface area (Å²) in [5.41, 5.74) is 1.02. The third-order valence-corrected chi connectivity index (χ3v) is 5.72. The number of hydrogen-bond donors (Lipinski definition) is 1. The van der Waals surface area contributed by atoms with Gasteiger partial charge < -0.3 is 19.4 Å². The van der Waals surface area contributed by atoms with Crippen molar-refractivity contribution in [1.29, 1.82) is 0 Å². The number of carbonyl (C=O) groups excluding carboxylic acids is 2. The van der Waals surface area contributed by atoms with Crippen LogP contribution >= 0.6 is 0 Å². The second-order valence-electron chi connectivity index (χ2n) is 7.77. The molecule has 1 N–H and O–H groups in total. The van der Waals surface area contributed by atoms with Crippen LogP contribution < -0.4 is 10.3 Å². The number of ketones is 1. The van der Waals surface area contributed by atoms with Crippen molar-refractivity contribution < 1.29 is 19.1 Å². The first-order valence-corrected chi connectivity index (χ1v) is 10.6. The lowest BCUT2D eigenvalue weighted by Crippen LogP contribution is -2.42. The number of Topliss-reactive ketones (excluding diaryl/α,β-unsaturated/α-hetero) is 1. The topological polar surface area (TPSA) is 102 Å². The van der Waals surface area contributed by atoms with Crippen LogP contribution in [0.2, 0.25) is 0 Å². The molecule has 1 aliphatic heterocycles. The summed E-state index contributed by atoms with van der Waals surface area (Å²) in [6.45, 7) is 0.964. The zero-order chi connectivity index (χ0) is 22.5. The number of aromatic amines is 1. The van der Waals surface area contributed by atoms with Gasteiger partial charge in [-0.05, 0) is 49.2 Å². The quantitative estimate of drug-likeness (QED) is 0.573. The highest BCUT2D eigenvalue weighted by Crippen LogP contribution is 2.23. The number of para-hydroxylation sites is 1. The van der Waals surface area contributed by atoms with Crippen LogP contribution in [-0.4, -0.2) is 53.4 Å². The highest BCUT2D eigenvalue weighted by Gasteiger charge is 2.28. The first-order chi connectivity index (χ1) is 15.5. The zero-order valence-electron chi connectivity index (χ0n) is 17.9. The molecular weight excluding hydrogens is 410 g/mol. The lowest BCUT2D eigenvalue weighted by molar-refractivity contribution is -0.137. The van der Waals surface area contributed by atoms with E-state index in [1.807, 2.05) is 6.07 Å². The van der Waals surface area contributed by atoms with E-state index in [-0.39, 0.29) is 36.4 Å². The average Bonchev–Trinajstić information content (AvgIpc) is 2.84. The Morgan fingerprint density at radius 1 is 1.09 bits per heavy atom. The van der Waals surface area contributed by atoms with Gasteiger partial charge in [0.05, 0.1) is 18.0 Å². The molecule has 166 valence electrons. The van der Waals surface area contributed by atoms with Gasteiger partial charge in [-0.15, -0.1) is 0 Å². The van der Waals surface area contributed by atoms with Crippen molar-refractivity contribution in [3.8, 4) is 5.75 Å². The fourth-order valence-electron chi connectivity index (χ4n) is 3.91. The second kappa shape index (κ2) is 9.74. The molecular formula is C24H25N3O5. The number of piperidine rings is 1. The summed E-state index contributed by atoms with van der Waals surface area (Å²) < 4.78 is 10.6. The molecule has 8 nitrogen and oxygen atoms in total. The summed E-state index contributed by atoms with van der Waals surface area (Å²) in [5, 5.41) is 0.513. The van der Waals surface area contributed by atoms with E-state index in [0.717, 1.165) is 0 Å². The lowest BCUT2D eigenvalue weighted by Gasteiger charge is -2.31. The molecule has 0 aliphatic carbocycles. The molecule has 8 heteroatoms. The van der Waals surface area contributed by atoms with Crippen molar-refractivity contribution >= 4 is 22.6 Å². The highest BCUT2D eigenvalue weighted by atomic mass is 16.5. The number of aromatic nitrogens is 2. The van der Waals surface area contributed by atoms with Gasteiger partial charge in [-0.25, -0.2) is 4.98 Å². The van der Waals surface area contributed by atoms with Crippen molar-refractivity contribution in [2.24, 2.45) is 5.92 Å². The number of nitrogens with zero attached hydrogens (tertiary/aromatic N) is 2. The molecule has 0 atom stereocenters. The molecule has 1 aliphatic rings. The van der Waals surface area contributed by atoms with Gasteiger partial charge in [-0.2, -0.15) is 0 Å². The van der Waals surface area contributed by atoms with E-state index < -0.39 is 0 Å². The Kier molecular flexibility index (Phi) is 6.61. The Balaban J connectivity index is 1.25. The molecule has 1 saturated heterocycles. The number of rotatable bonds is 7. The maximum Gasteiger partial charge on any atom is 0.258 e. The molecule has 2 aromatic carbocycles. The summed E-state index contributed by atoms with van der Waals surface area (Å²) >= 11 is 0. The van der Waals surface area contributed by atoms with E-state index in [2.05, 4.69) is 9.97 Å². The second-order valence-corrected chi connectivity index (χ2v) is 7.77. The number of carbonyl (C=O) groups is 2. The number of amides is 1. The predicted octanol–water partition coefficient (Wildman–Crippen LogP) is 2.57. The minimum atomic E-state index is -0.232. The first-order valence-electron chi connectivity index (χ1n) is 10.6. The molecule has 1 aromatic heterocycles. The van der Waals surface area contributed by atoms with Crippen molar-refractivity contribution in [2.45, 2.75) is 19.4 Å². The van der Waals surface area contributed by atoms with Gasteiger partial charge >= 0.3 is 0 Å². The molecule has 1 amide bonds. The van der Waals surface area contributed by atoms with Crippen LogP contribution in [0.15, 0.2) is 53.3 Å². The minimum Gasteiger partial charge on any atom is -0.497 e. The molecule has 0 bridgehead atoms. The van der Waals surface area contributed by atoms with Gasteiger partial charge in [0.2, 0.25) is 5.91 Å². The maximum atomic E-state index is 12.7. The molecule has 0 saturated carbocycles. The number of nitrogens with one attached hydrogen (secondary N) is 1. The summed E-state index contributed by atoms with van der Waals surface area (Å²) in [6, 6.07) is 14.2. The van der Waals surface area contributed by atoms with Crippen LogP contribution in [0.1, 0.15) is 29.0 Å². The van der Waals surface area contributed by atoms with Crippen LogP contribution in [0.25, 0.3) is 10.9 Å². The largest absolute Gasteiger partial charge is 0.497 e. The van der Waals surface area contributed by atoms with Gasteiger partial charge in [0.1, 0.15) is 24.8 Å². The number of fused-ring (bicyclic) bond motifs is 1. The Labute approximate surface area is 185 Å². The van der Waals surface area contributed by atoms with Gasteiger partial charge in [0.25, 0.3) is 5.56 Å². The van der Waals surface area contributed by atoms with Crippen LogP contribution in [0.5, 0.6) is 5.75 Å². The van der Waals surface area contributed by atoms with Gasteiger partial charge in [-0.3, -0.25) is 14.4 Å². The normalized spacial score (nSPS) is 14.5. The summed E-state index contributed by atoms with van der Waals surface area (Å²) in [5.74, 6) is 0.960. The van der Waals surface area contributed by atoms with Crippen molar-refractivity contribution in [1.82, 2.24) is 14.9 Å². The molecule has 1 fully saturated rings. The number of H-pyrrole nitrogens is 1. The molecule has 2 heterocycles. The molecule has 4 rings (SSSR count). The maximum absolute atomic E-state index is 12.7. The Bertz CT molecular complexity index is 1160. The summed E-state index contributed by atoms with van der Waals surface area (Å²) in [7, 11) is 1.59. The molecule has 32 heavy (non-hydrogen) atoms.